The van der Waals surface area contributed by atoms with Crippen LogP contribution in [0.5, 0.6) is 5.75 Å². The monoisotopic (exact) mass is 531 g/mol. The van der Waals surface area contributed by atoms with Crippen molar-refractivity contribution in [1.29, 1.82) is 0 Å². The molecule has 0 spiro atoms. The Morgan fingerprint density at radius 1 is 1.03 bits per heavy atom. The first-order valence-electron chi connectivity index (χ1n) is 11.6. The Morgan fingerprint density at radius 2 is 1.72 bits per heavy atom. The van der Waals surface area contributed by atoms with Gasteiger partial charge in [-0.15, -0.1) is 0 Å². The Bertz CT molecular complexity index is 1220. The number of ether oxygens (including phenoxy) is 1. The molecule has 36 heavy (non-hydrogen) atoms. The molecule has 0 aliphatic heterocycles. The smallest absolute Gasteiger partial charge is 0.322 e. The Hall–Kier alpha value is -3.23. The molecule has 3 rings (SSSR count). The number of aromatic nitrogens is 2. The minimum absolute atomic E-state index is 0.132. The fourth-order valence-corrected chi connectivity index (χ4v) is 3.70. The summed E-state index contributed by atoms with van der Waals surface area (Å²) in [4.78, 5) is 27.4. The number of nitrogens with zero attached hydrogens (tertiary/aromatic N) is 3. The summed E-state index contributed by atoms with van der Waals surface area (Å²) >= 11 is 12.3. The van der Waals surface area contributed by atoms with Crippen molar-refractivity contribution in [3.05, 3.63) is 64.3 Å². The van der Waals surface area contributed by atoms with Crippen LogP contribution >= 0.6 is 23.2 Å². The van der Waals surface area contributed by atoms with Gasteiger partial charge in [0.25, 0.3) is 0 Å². The third kappa shape index (κ3) is 6.92. The molecule has 1 heterocycles. The van der Waals surface area contributed by atoms with Gasteiger partial charge in [0.15, 0.2) is 0 Å². The number of urea groups is 1. The number of hydrogen-bond acceptors (Lipinski definition) is 4. The van der Waals surface area contributed by atoms with E-state index >= 15 is 0 Å². The number of carbonyl (C=O) groups is 2. The maximum Gasteiger partial charge on any atom is 0.322 e. The first-order valence-corrected chi connectivity index (χ1v) is 12.3. The molecule has 2 N–H and O–H groups in total. The van der Waals surface area contributed by atoms with E-state index in [4.69, 9.17) is 33.0 Å². The van der Waals surface area contributed by atoms with Crippen molar-refractivity contribution >= 4 is 46.6 Å². The maximum absolute atomic E-state index is 13.1. The van der Waals surface area contributed by atoms with Crippen molar-refractivity contribution in [1.82, 2.24) is 14.7 Å². The molecule has 2 aromatic carbocycles. The fraction of sp³-hybridized carbons (Fsp3) is 0.346. The average Bonchev–Trinajstić information content (AvgIpc) is 3.25. The van der Waals surface area contributed by atoms with E-state index in [1.165, 1.54) is 4.90 Å². The first kappa shape index (κ1) is 27.4. The van der Waals surface area contributed by atoms with E-state index in [1.54, 1.807) is 54.3 Å². The number of nitrogens with one attached hydrogen (secondary N) is 2. The van der Waals surface area contributed by atoms with Crippen LogP contribution in [0.2, 0.25) is 10.0 Å². The first-order chi connectivity index (χ1) is 17.0. The Kier molecular flexibility index (Phi) is 8.87. The lowest BCUT2D eigenvalue weighted by Gasteiger charge is -2.22. The summed E-state index contributed by atoms with van der Waals surface area (Å²) in [7, 11) is 1.58. The van der Waals surface area contributed by atoms with E-state index < -0.39 is 0 Å². The average molecular weight is 532 g/mol. The van der Waals surface area contributed by atoms with Crippen molar-refractivity contribution in [3.63, 3.8) is 0 Å². The van der Waals surface area contributed by atoms with Gasteiger partial charge in [0, 0.05) is 23.7 Å². The van der Waals surface area contributed by atoms with E-state index in [-0.39, 0.29) is 23.9 Å². The Morgan fingerprint density at radius 3 is 2.31 bits per heavy atom. The largest absolute Gasteiger partial charge is 0.497 e. The zero-order valence-electron chi connectivity index (χ0n) is 21.1. The molecule has 3 aromatic rings. The Balaban J connectivity index is 1.79. The van der Waals surface area contributed by atoms with Gasteiger partial charge in [-0.1, -0.05) is 50.9 Å². The lowest BCUT2D eigenvalue weighted by molar-refractivity contribution is -0.116. The zero-order valence-corrected chi connectivity index (χ0v) is 22.6. The van der Waals surface area contributed by atoms with Crippen LogP contribution in [0.25, 0.3) is 5.69 Å². The van der Waals surface area contributed by atoms with E-state index in [9.17, 15) is 9.59 Å². The Labute approximate surface area is 221 Å². The van der Waals surface area contributed by atoms with Gasteiger partial charge in [0.2, 0.25) is 5.91 Å². The van der Waals surface area contributed by atoms with Crippen molar-refractivity contribution in [3.8, 4) is 11.4 Å². The summed E-state index contributed by atoms with van der Waals surface area (Å²) in [5.41, 5.74) is 1.78. The van der Waals surface area contributed by atoms with Crippen LogP contribution in [0.1, 0.15) is 39.8 Å². The molecule has 0 atom stereocenters. The van der Waals surface area contributed by atoms with Crippen LogP contribution in [0.15, 0.2) is 48.5 Å². The van der Waals surface area contributed by atoms with Gasteiger partial charge < -0.3 is 20.3 Å². The minimum atomic E-state index is -0.370. The van der Waals surface area contributed by atoms with Gasteiger partial charge in [0.1, 0.15) is 18.1 Å². The second-order valence-electron chi connectivity index (χ2n) is 9.30. The number of rotatable bonds is 8. The van der Waals surface area contributed by atoms with Crippen LogP contribution in [0.4, 0.5) is 16.3 Å². The molecule has 1 aromatic heterocycles. The lowest BCUT2D eigenvalue weighted by Crippen LogP contribution is -2.41. The molecule has 0 aliphatic carbocycles. The summed E-state index contributed by atoms with van der Waals surface area (Å²) in [5, 5.41) is 11.2. The van der Waals surface area contributed by atoms with Gasteiger partial charge in [0.05, 0.1) is 28.5 Å². The summed E-state index contributed by atoms with van der Waals surface area (Å²) in [6, 6.07) is 13.6. The molecule has 192 valence electrons. The minimum Gasteiger partial charge on any atom is -0.497 e. The van der Waals surface area contributed by atoms with Gasteiger partial charge in [-0.2, -0.15) is 5.10 Å². The zero-order chi connectivity index (χ0) is 26.5. The van der Waals surface area contributed by atoms with E-state index in [2.05, 4.69) is 10.6 Å². The molecule has 0 bridgehead atoms. The number of benzene rings is 2. The van der Waals surface area contributed by atoms with Crippen LogP contribution in [-0.4, -0.2) is 46.8 Å². The van der Waals surface area contributed by atoms with Gasteiger partial charge in [-0.25, -0.2) is 9.48 Å². The summed E-state index contributed by atoms with van der Waals surface area (Å²) in [5.74, 6) is 0.802. The topological polar surface area (TPSA) is 88.5 Å². The SMILES string of the molecule is CCCN(CC(=O)Nc1cc(C(C)(C)C)nn1-c1ccc(Cl)c(Cl)c1)C(=O)Nc1ccc(OC)cc1. The number of anilines is 2. The van der Waals surface area contributed by atoms with Gasteiger partial charge in [-0.05, 0) is 48.9 Å². The molecule has 10 heteroatoms. The molecule has 0 unspecified atom stereocenters. The van der Waals surface area contributed by atoms with Gasteiger partial charge >= 0.3 is 6.03 Å². The molecular weight excluding hydrogens is 501 g/mol. The van der Waals surface area contributed by atoms with Crippen molar-refractivity contribution in [2.75, 3.05) is 30.8 Å². The lowest BCUT2D eigenvalue weighted by atomic mass is 9.92. The summed E-state index contributed by atoms with van der Waals surface area (Å²) in [6.45, 7) is 8.33. The molecule has 0 saturated heterocycles. The highest BCUT2D eigenvalue weighted by Gasteiger charge is 2.23. The van der Waals surface area contributed by atoms with Crippen molar-refractivity contribution < 1.29 is 14.3 Å². The summed E-state index contributed by atoms with van der Waals surface area (Å²) in [6.07, 6.45) is 0.693. The highest BCUT2D eigenvalue weighted by Crippen LogP contribution is 2.29. The number of halogens is 2. The van der Waals surface area contributed by atoms with Crippen LogP contribution in [0, 0.1) is 0 Å². The molecule has 0 saturated carbocycles. The highest BCUT2D eigenvalue weighted by molar-refractivity contribution is 6.42. The highest BCUT2D eigenvalue weighted by atomic mass is 35.5. The predicted molar refractivity (Wildman–Crippen MR) is 145 cm³/mol. The van der Waals surface area contributed by atoms with E-state index in [0.717, 1.165) is 5.69 Å². The van der Waals surface area contributed by atoms with Crippen LogP contribution < -0.4 is 15.4 Å². The molecule has 0 fully saturated rings. The molecular formula is C26H31Cl2N5O3. The fourth-order valence-electron chi connectivity index (χ4n) is 3.41. The second-order valence-corrected chi connectivity index (χ2v) is 10.1. The van der Waals surface area contributed by atoms with Gasteiger partial charge in [-0.3, -0.25) is 4.79 Å². The van der Waals surface area contributed by atoms with E-state index in [1.807, 2.05) is 33.8 Å². The van der Waals surface area contributed by atoms with Crippen molar-refractivity contribution in [2.45, 2.75) is 39.5 Å². The van der Waals surface area contributed by atoms with Crippen LogP contribution in [-0.2, 0) is 10.2 Å². The number of hydrogen-bond donors (Lipinski definition) is 2. The molecule has 3 amide bonds. The normalized spacial score (nSPS) is 11.2. The van der Waals surface area contributed by atoms with Crippen molar-refractivity contribution in [2.24, 2.45) is 0 Å². The predicted octanol–water partition coefficient (Wildman–Crippen LogP) is 6.37. The number of methoxy groups -OCH3 is 1. The summed E-state index contributed by atoms with van der Waals surface area (Å²) < 4.78 is 6.76. The quantitative estimate of drug-likeness (QED) is 0.353. The third-order valence-electron chi connectivity index (χ3n) is 5.35. The molecule has 8 nitrogen and oxygen atoms in total. The third-order valence-corrected chi connectivity index (χ3v) is 6.09. The standard InChI is InChI=1S/C26H31Cl2N5O3/c1-6-13-32(25(35)29-17-7-10-19(36-5)11-8-17)16-24(34)30-23-15-22(26(2,3)4)31-33(23)18-9-12-20(27)21(28)14-18/h7-12,14-15H,6,13,16H2,1-5H3,(H,29,35)(H,30,34). The number of carbonyl (C=O) groups excluding carboxylic acids is 2. The van der Waals surface area contributed by atoms with Crippen LogP contribution in [0.3, 0.4) is 0 Å². The van der Waals surface area contributed by atoms with E-state index in [0.29, 0.717) is 46.0 Å². The second kappa shape index (κ2) is 11.7. The maximum atomic E-state index is 13.1. The molecule has 0 radical (unpaired) electrons. The molecule has 0 aliphatic rings. The number of amides is 3.